The Morgan fingerprint density at radius 2 is 1.22 bits per heavy atom. The summed E-state index contributed by atoms with van der Waals surface area (Å²) in [7, 11) is 6.48. The topological polar surface area (TPSA) is 40.6 Å². The zero-order chi connectivity index (χ0) is 18.7. The molecule has 2 amide bonds. The Morgan fingerprint density at radius 3 is 1.74 bits per heavy atom. The van der Waals surface area contributed by atoms with Crippen molar-refractivity contribution in [1.29, 1.82) is 0 Å². The van der Waals surface area contributed by atoms with E-state index in [1.807, 2.05) is 0 Å². The minimum atomic E-state index is -0.235. The lowest BCUT2D eigenvalue weighted by atomic mass is 10.1. The Labute approximate surface area is 183 Å². The molecule has 2 aromatic heterocycles. The van der Waals surface area contributed by atoms with Crippen LogP contribution >= 0.6 is 77.6 Å². The van der Waals surface area contributed by atoms with Crippen LogP contribution in [0.3, 0.4) is 0 Å². The van der Waals surface area contributed by atoms with Crippen LogP contribution in [0.1, 0.15) is 20.7 Å². The Kier molecular flexibility index (Phi) is 4.58. The van der Waals surface area contributed by atoms with Crippen LogP contribution < -0.4 is 4.90 Å². The summed E-state index contributed by atoms with van der Waals surface area (Å²) in [6, 6.07) is 6.96. The van der Waals surface area contributed by atoms with Gasteiger partial charge in [0.15, 0.2) is 0 Å². The zero-order valence-electron chi connectivity index (χ0n) is 13.3. The van der Waals surface area contributed by atoms with Crippen molar-refractivity contribution in [1.82, 2.24) is 4.90 Å². The molecule has 27 heavy (non-hydrogen) atoms. The average Bonchev–Trinajstić information content (AvgIpc) is 3.30. The molecule has 0 bridgehead atoms. The normalized spacial score (nSPS) is 15.1. The number of imide groups is 1. The summed E-state index contributed by atoms with van der Waals surface area (Å²) in [5, 5.41) is 0. The molecule has 136 valence electrons. The minimum absolute atomic E-state index is 0.235. The third-order valence-corrected chi connectivity index (χ3v) is 12.3. The number of benzene rings is 1. The molecule has 0 radical (unpaired) electrons. The molecular formula is C16H8N2O2S7. The van der Waals surface area contributed by atoms with E-state index in [1.165, 1.54) is 4.90 Å². The highest BCUT2D eigenvalue weighted by atomic mass is 32.9. The van der Waals surface area contributed by atoms with Crippen LogP contribution in [0.5, 0.6) is 0 Å². The van der Waals surface area contributed by atoms with Crippen molar-refractivity contribution in [2.75, 3.05) is 18.0 Å². The lowest BCUT2D eigenvalue weighted by Crippen LogP contribution is -2.37. The highest BCUT2D eigenvalue weighted by Crippen LogP contribution is 2.56. The van der Waals surface area contributed by atoms with Gasteiger partial charge in [-0.1, -0.05) is 89.7 Å². The number of carbonyl (C=O) groups excluding carboxylic acids is 2. The van der Waals surface area contributed by atoms with Gasteiger partial charge in [0, 0.05) is 13.1 Å². The fourth-order valence-electron chi connectivity index (χ4n) is 3.11. The highest BCUT2D eigenvalue weighted by Gasteiger charge is 2.36. The van der Waals surface area contributed by atoms with Crippen molar-refractivity contribution in [3.05, 3.63) is 43.0 Å². The molecular weight excluding hydrogens is 477 g/mol. The number of hydrogen-bond acceptors (Lipinski definition) is 10. The predicted molar refractivity (Wildman–Crippen MR) is 119 cm³/mol. The van der Waals surface area contributed by atoms with Crippen molar-refractivity contribution in [3.8, 4) is 0 Å². The molecule has 11 heteroatoms. The SMILES string of the molecule is O=C1c2ccccc2C(=O)N1CCN1c2c(ssc2=S)Sc2ssc(=S)c21. The summed E-state index contributed by atoms with van der Waals surface area (Å²) in [5.41, 5.74) is 2.93. The van der Waals surface area contributed by atoms with E-state index in [2.05, 4.69) is 4.90 Å². The number of amides is 2. The second kappa shape index (κ2) is 6.83. The second-order valence-electron chi connectivity index (χ2n) is 5.74. The molecule has 0 saturated carbocycles. The van der Waals surface area contributed by atoms with Gasteiger partial charge in [-0.05, 0) is 12.1 Å². The summed E-state index contributed by atoms with van der Waals surface area (Å²) in [6.45, 7) is 0.771. The molecule has 0 spiro atoms. The summed E-state index contributed by atoms with van der Waals surface area (Å²) < 4.78 is 3.95. The number of carbonyl (C=O) groups is 2. The maximum Gasteiger partial charge on any atom is 0.261 e. The molecule has 0 aliphatic carbocycles. The van der Waals surface area contributed by atoms with Crippen LogP contribution in [0.4, 0.5) is 11.4 Å². The molecule has 3 aromatic rings. The molecule has 4 heterocycles. The standard InChI is InChI=1S/C16H8N2O2S7/c19-11-7-3-1-2-4-8(7)12(20)18(11)6-5-17-9-13(21)24-26-15(9)23-16-10(17)14(22)25-27-16/h1-4H,5-6H2. The van der Waals surface area contributed by atoms with E-state index in [0.717, 1.165) is 27.4 Å². The zero-order valence-corrected chi connectivity index (χ0v) is 19.0. The van der Waals surface area contributed by atoms with Gasteiger partial charge < -0.3 is 4.90 Å². The van der Waals surface area contributed by atoms with Gasteiger partial charge in [-0.25, -0.2) is 0 Å². The Morgan fingerprint density at radius 1 is 0.741 bits per heavy atom. The smallest absolute Gasteiger partial charge is 0.261 e. The van der Waals surface area contributed by atoms with Crippen molar-refractivity contribution in [2.45, 2.75) is 8.42 Å². The van der Waals surface area contributed by atoms with E-state index >= 15 is 0 Å². The maximum atomic E-state index is 12.7. The predicted octanol–water partition coefficient (Wildman–Crippen LogP) is 6.29. The first-order valence-electron chi connectivity index (χ1n) is 7.73. The van der Waals surface area contributed by atoms with Gasteiger partial charge in [0.25, 0.3) is 11.8 Å². The number of nitrogens with zero attached hydrogens (tertiary/aromatic N) is 2. The molecule has 0 atom stereocenters. The Bertz CT molecular complexity index is 1130. The fraction of sp³-hybridized carbons (Fsp3) is 0.125. The van der Waals surface area contributed by atoms with Crippen molar-refractivity contribution < 1.29 is 9.59 Å². The van der Waals surface area contributed by atoms with Gasteiger partial charge in [0.2, 0.25) is 0 Å². The van der Waals surface area contributed by atoms with E-state index in [4.69, 9.17) is 24.4 Å². The molecule has 0 N–H and O–H groups in total. The first kappa shape index (κ1) is 18.1. The van der Waals surface area contributed by atoms with Crippen LogP contribution in [0.25, 0.3) is 0 Å². The fourth-order valence-corrected chi connectivity index (χ4v) is 10.9. The van der Waals surface area contributed by atoms with Crippen LogP contribution in [-0.4, -0.2) is 29.8 Å². The van der Waals surface area contributed by atoms with E-state index < -0.39 is 0 Å². The third kappa shape index (κ3) is 2.79. The van der Waals surface area contributed by atoms with Gasteiger partial charge >= 0.3 is 0 Å². The lowest BCUT2D eigenvalue weighted by Gasteiger charge is -2.29. The van der Waals surface area contributed by atoms with Crippen LogP contribution in [0.15, 0.2) is 32.7 Å². The molecule has 2 aliphatic rings. The Balaban J connectivity index is 1.49. The minimum Gasteiger partial charge on any atom is -0.333 e. The van der Waals surface area contributed by atoms with Crippen LogP contribution in [-0.2, 0) is 0 Å². The number of anilines is 2. The molecule has 0 fully saturated rings. The van der Waals surface area contributed by atoms with E-state index in [9.17, 15) is 9.59 Å². The molecule has 5 rings (SSSR count). The van der Waals surface area contributed by atoms with Gasteiger partial charge in [-0.3, -0.25) is 14.5 Å². The largest absolute Gasteiger partial charge is 0.333 e. The maximum absolute atomic E-state index is 12.7. The number of rotatable bonds is 3. The molecule has 1 aromatic carbocycles. The molecule has 0 saturated heterocycles. The van der Waals surface area contributed by atoms with Crippen molar-refractivity contribution in [3.63, 3.8) is 0 Å². The summed E-state index contributed by atoms with van der Waals surface area (Å²) in [5.74, 6) is -0.471. The number of hydrogen-bond donors (Lipinski definition) is 0. The first-order valence-corrected chi connectivity index (χ1v) is 13.7. The van der Waals surface area contributed by atoms with Crippen molar-refractivity contribution >= 4 is 101 Å². The quantitative estimate of drug-likeness (QED) is 0.247. The van der Waals surface area contributed by atoms with E-state index in [-0.39, 0.29) is 11.8 Å². The first-order chi connectivity index (χ1) is 13.1. The number of fused-ring (bicyclic) bond motifs is 3. The van der Waals surface area contributed by atoms with E-state index in [1.54, 1.807) is 77.4 Å². The second-order valence-corrected chi connectivity index (χ2v) is 12.9. The van der Waals surface area contributed by atoms with Crippen LogP contribution in [0, 0.1) is 7.65 Å². The molecule has 2 aliphatic heterocycles. The third-order valence-electron chi connectivity index (χ3n) is 4.31. The van der Waals surface area contributed by atoms with Gasteiger partial charge in [0.1, 0.15) is 16.1 Å². The summed E-state index contributed by atoms with van der Waals surface area (Å²) in [4.78, 5) is 28.7. The summed E-state index contributed by atoms with van der Waals surface area (Å²) >= 11 is 12.8. The Hall–Kier alpha value is -0.950. The van der Waals surface area contributed by atoms with Gasteiger partial charge in [0.05, 0.1) is 22.5 Å². The molecule has 0 unspecified atom stereocenters. The lowest BCUT2D eigenvalue weighted by molar-refractivity contribution is 0.0659. The van der Waals surface area contributed by atoms with Crippen molar-refractivity contribution in [2.24, 2.45) is 0 Å². The highest BCUT2D eigenvalue weighted by molar-refractivity contribution is 8.06. The van der Waals surface area contributed by atoms with Crippen LogP contribution in [0.2, 0.25) is 0 Å². The van der Waals surface area contributed by atoms with E-state index in [0.29, 0.717) is 24.2 Å². The monoisotopic (exact) mass is 484 g/mol. The molecule has 4 nitrogen and oxygen atoms in total. The van der Waals surface area contributed by atoms with Gasteiger partial charge in [-0.15, -0.1) is 0 Å². The summed E-state index contributed by atoms with van der Waals surface area (Å²) in [6.07, 6.45) is 0. The van der Waals surface area contributed by atoms with Gasteiger partial charge in [-0.2, -0.15) is 0 Å². The average molecular weight is 485 g/mol.